The van der Waals surface area contributed by atoms with E-state index in [2.05, 4.69) is 5.32 Å². The molecule has 0 aliphatic heterocycles. The molecule has 0 fully saturated rings. The van der Waals surface area contributed by atoms with Crippen molar-refractivity contribution >= 4 is 11.4 Å². The van der Waals surface area contributed by atoms with Crippen LogP contribution in [0, 0.1) is 10.1 Å². The highest BCUT2D eigenvalue weighted by molar-refractivity contribution is 5.62. The Balaban J connectivity index is 2.30. The van der Waals surface area contributed by atoms with Gasteiger partial charge in [-0.15, -0.1) is 0 Å². The lowest BCUT2D eigenvalue weighted by atomic mass is 10.1. The topological polar surface area (TPSA) is 77.2 Å². The number of nitrogens with zero attached hydrogens (tertiary/aromatic N) is 2. The first-order chi connectivity index (χ1) is 10.1. The third-order valence-electron chi connectivity index (χ3n) is 3.08. The number of nitro benzene ring substituents is 1. The Morgan fingerprint density at radius 1 is 1.29 bits per heavy atom. The molecule has 21 heavy (non-hydrogen) atoms. The zero-order valence-electron chi connectivity index (χ0n) is 11.8. The molecule has 6 heteroatoms. The molecule has 1 heterocycles. The van der Waals surface area contributed by atoms with Crippen molar-refractivity contribution in [2.75, 3.05) is 11.9 Å². The fourth-order valence-corrected chi connectivity index (χ4v) is 2.02. The molecule has 6 nitrogen and oxygen atoms in total. The van der Waals surface area contributed by atoms with E-state index in [4.69, 9.17) is 0 Å². The molecule has 0 atom stereocenters. The SMILES string of the molecule is CCCNc1ccc(Cn2ccccc2=O)cc1[N+](=O)[O-]. The van der Waals surface area contributed by atoms with Gasteiger partial charge in [-0.25, -0.2) is 0 Å². The third kappa shape index (κ3) is 3.68. The first-order valence-corrected chi connectivity index (χ1v) is 6.78. The van der Waals surface area contributed by atoms with Crippen LogP contribution < -0.4 is 10.9 Å². The second-order valence-corrected chi connectivity index (χ2v) is 4.70. The number of hydrogen-bond donors (Lipinski definition) is 1. The van der Waals surface area contributed by atoms with Gasteiger partial charge in [-0.3, -0.25) is 14.9 Å². The van der Waals surface area contributed by atoms with Crippen molar-refractivity contribution in [1.29, 1.82) is 0 Å². The van der Waals surface area contributed by atoms with Crippen LogP contribution in [0.3, 0.4) is 0 Å². The molecule has 2 rings (SSSR count). The van der Waals surface area contributed by atoms with Crippen LogP contribution in [0.4, 0.5) is 11.4 Å². The highest BCUT2D eigenvalue weighted by Gasteiger charge is 2.14. The maximum Gasteiger partial charge on any atom is 0.292 e. The van der Waals surface area contributed by atoms with Crippen molar-refractivity contribution in [2.45, 2.75) is 19.9 Å². The number of nitrogens with one attached hydrogen (secondary N) is 1. The van der Waals surface area contributed by atoms with Gasteiger partial charge in [-0.1, -0.05) is 19.1 Å². The molecule has 0 aliphatic rings. The lowest BCUT2D eigenvalue weighted by Crippen LogP contribution is -2.18. The largest absolute Gasteiger partial charge is 0.380 e. The molecule has 0 aliphatic carbocycles. The summed E-state index contributed by atoms with van der Waals surface area (Å²) in [6.45, 7) is 2.99. The molecule has 1 N–H and O–H groups in total. The number of hydrogen-bond acceptors (Lipinski definition) is 4. The molecule has 1 aromatic carbocycles. The van der Waals surface area contributed by atoms with Crippen molar-refractivity contribution in [3.63, 3.8) is 0 Å². The van der Waals surface area contributed by atoms with E-state index in [1.54, 1.807) is 30.5 Å². The van der Waals surface area contributed by atoms with Crippen LogP contribution in [-0.4, -0.2) is 16.0 Å². The van der Waals surface area contributed by atoms with Crippen LogP contribution in [0.2, 0.25) is 0 Å². The highest BCUT2D eigenvalue weighted by atomic mass is 16.6. The third-order valence-corrected chi connectivity index (χ3v) is 3.08. The predicted molar refractivity (Wildman–Crippen MR) is 81.7 cm³/mol. The van der Waals surface area contributed by atoms with Gasteiger partial charge in [0.25, 0.3) is 11.2 Å². The van der Waals surface area contributed by atoms with Crippen LogP contribution in [0.15, 0.2) is 47.4 Å². The molecule has 0 unspecified atom stereocenters. The summed E-state index contributed by atoms with van der Waals surface area (Å²) in [6.07, 6.45) is 2.55. The Morgan fingerprint density at radius 3 is 2.76 bits per heavy atom. The molecule has 0 saturated heterocycles. The molecule has 0 bridgehead atoms. The molecule has 0 radical (unpaired) electrons. The average molecular weight is 287 g/mol. The molecule has 0 saturated carbocycles. The molecular formula is C15H17N3O3. The number of pyridine rings is 1. The number of nitro groups is 1. The maximum absolute atomic E-state index is 11.7. The first-order valence-electron chi connectivity index (χ1n) is 6.78. The molecule has 110 valence electrons. The molecule has 0 amide bonds. The van der Waals surface area contributed by atoms with E-state index >= 15 is 0 Å². The van der Waals surface area contributed by atoms with Gasteiger partial charge >= 0.3 is 0 Å². The quantitative estimate of drug-likeness (QED) is 0.654. The van der Waals surface area contributed by atoms with Crippen LogP contribution >= 0.6 is 0 Å². The van der Waals surface area contributed by atoms with E-state index in [1.807, 2.05) is 6.92 Å². The summed E-state index contributed by atoms with van der Waals surface area (Å²) in [4.78, 5) is 22.4. The smallest absolute Gasteiger partial charge is 0.292 e. The van der Waals surface area contributed by atoms with Crippen LogP contribution in [-0.2, 0) is 6.54 Å². The second kappa shape index (κ2) is 6.69. The molecule has 0 spiro atoms. The minimum absolute atomic E-state index is 0.0323. The summed E-state index contributed by atoms with van der Waals surface area (Å²) in [5.41, 5.74) is 1.13. The zero-order valence-corrected chi connectivity index (χ0v) is 11.8. The Bertz CT molecular complexity index is 695. The standard InChI is InChI=1S/C15H17N3O3/c1-2-8-16-13-7-6-12(10-14(13)18(20)21)11-17-9-4-3-5-15(17)19/h3-7,9-10,16H,2,8,11H2,1H3. The fourth-order valence-electron chi connectivity index (χ4n) is 2.02. The van der Waals surface area contributed by atoms with E-state index in [0.717, 1.165) is 12.0 Å². The minimum Gasteiger partial charge on any atom is -0.380 e. The normalized spacial score (nSPS) is 10.3. The van der Waals surface area contributed by atoms with Gasteiger partial charge in [0.15, 0.2) is 0 Å². The lowest BCUT2D eigenvalue weighted by Gasteiger charge is -2.09. The van der Waals surface area contributed by atoms with Crippen molar-refractivity contribution in [3.05, 3.63) is 68.6 Å². The second-order valence-electron chi connectivity index (χ2n) is 4.70. The lowest BCUT2D eigenvalue weighted by molar-refractivity contribution is -0.384. The van der Waals surface area contributed by atoms with Crippen LogP contribution in [0.5, 0.6) is 0 Å². The van der Waals surface area contributed by atoms with Gasteiger partial charge < -0.3 is 9.88 Å². The van der Waals surface area contributed by atoms with Gasteiger partial charge in [-0.05, 0) is 24.1 Å². The predicted octanol–water partition coefficient (Wildman–Crippen LogP) is 2.63. The summed E-state index contributed by atoms with van der Waals surface area (Å²) >= 11 is 0. The van der Waals surface area contributed by atoms with Crippen LogP contribution in [0.1, 0.15) is 18.9 Å². The number of aromatic nitrogens is 1. The molecular weight excluding hydrogens is 270 g/mol. The average Bonchev–Trinajstić information content (AvgIpc) is 2.48. The minimum atomic E-state index is -0.407. The number of rotatable bonds is 6. The molecule has 1 aromatic heterocycles. The summed E-state index contributed by atoms with van der Waals surface area (Å²) in [6, 6.07) is 9.89. The van der Waals surface area contributed by atoms with E-state index in [0.29, 0.717) is 18.8 Å². The number of anilines is 1. The van der Waals surface area contributed by atoms with Crippen molar-refractivity contribution in [1.82, 2.24) is 4.57 Å². The zero-order chi connectivity index (χ0) is 15.2. The van der Waals surface area contributed by atoms with Gasteiger partial charge in [0.2, 0.25) is 0 Å². The maximum atomic E-state index is 11.7. The first kappa shape index (κ1) is 14.8. The van der Waals surface area contributed by atoms with Gasteiger partial charge in [0.1, 0.15) is 5.69 Å². The summed E-state index contributed by atoms with van der Waals surface area (Å²) in [7, 11) is 0. The van der Waals surface area contributed by atoms with E-state index < -0.39 is 4.92 Å². The van der Waals surface area contributed by atoms with Gasteiger partial charge in [-0.2, -0.15) is 0 Å². The Labute approximate surface area is 122 Å². The summed E-state index contributed by atoms with van der Waals surface area (Å²) in [5.74, 6) is 0. The molecule has 2 aromatic rings. The van der Waals surface area contributed by atoms with Gasteiger partial charge in [0, 0.05) is 24.9 Å². The van der Waals surface area contributed by atoms with E-state index in [9.17, 15) is 14.9 Å². The van der Waals surface area contributed by atoms with Gasteiger partial charge in [0.05, 0.1) is 11.5 Å². The van der Waals surface area contributed by atoms with Crippen molar-refractivity contribution in [2.24, 2.45) is 0 Å². The van der Waals surface area contributed by atoms with E-state index in [-0.39, 0.29) is 11.2 Å². The van der Waals surface area contributed by atoms with Crippen molar-refractivity contribution < 1.29 is 4.92 Å². The Hall–Kier alpha value is -2.63. The summed E-state index contributed by atoms with van der Waals surface area (Å²) < 4.78 is 1.51. The van der Waals surface area contributed by atoms with E-state index in [1.165, 1.54) is 16.7 Å². The summed E-state index contributed by atoms with van der Waals surface area (Å²) in [5, 5.41) is 14.2. The Morgan fingerprint density at radius 2 is 2.10 bits per heavy atom. The van der Waals surface area contributed by atoms with Crippen molar-refractivity contribution in [3.8, 4) is 0 Å². The van der Waals surface area contributed by atoms with Crippen LogP contribution in [0.25, 0.3) is 0 Å². The highest BCUT2D eigenvalue weighted by Crippen LogP contribution is 2.25. The Kier molecular flexibility index (Phi) is 4.71. The number of benzene rings is 1. The monoisotopic (exact) mass is 287 g/mol. The fraction of sp³-hybridized carbons (Fsp3) is 0.267.